The van der Waals surface area contributed by atoms with Crippen molar-refractivity contribution >= 4 is 47.7 Å². The first-order valence-electron chi connectivity index (χ1n) is 10.3. The van der Waals surface area contributed by atoms with E-state index in [0.717, 1.165) is 44.2 Å². The number of hydrogen-bond donors (Lipinski definition) is 1. The largest absolute Gasteiger partial charge is 0.486 e. The zero-order chi connectivity index (χ0) is 20.8. The van der Waals surface area contributed by atoms with Crippen LogP contribution < -0.4 is 15.0 Å². The second-order valence-corrected chi connectivity index (χ2v) is 8.46. The van der Waals surface area contributed by atoms with Crippen molar-refractivity contribution in [3.05, 3.63) is 70.7 Å². The van der Waals surface area contributed by atoms with Gasteiger partial charge in [-0.25, -0.2) is 0 Å². The van der Waals surface area contributed by atoms with Gasteiger partial charge in [-0.05, 0) is 35.7 Å². The molecule has 1 saturated heterocycles. The summed E-state index contributed by atoms with van der Waals surface area (Å²) in [6.45, 7) is 5.97. The van der Waals surface area contributed by atoms with Crippen LogP contribution in [0.3, 0.4) is 0 Å². The average molecular weight is 497 g/mol. The van der Waals surface area contributed by atoms with Crippen LogP contribution >= 0.6 is 36.2 Å². The molecule has 0 aliphatic carbocycles. The maximum atomic E-state index is 12.2. The molecule has 1 aliphatic heterocycles. The molecule has 1 amide bonds. The van der Waals surface area contributed by atoms with E-state index in [2.05, 4.69) is 50.8 Å². The third-order valence-corrected chi connectivity index (χ3v) is 6.27. The number of carbonyl (C=O) groups is 1. The summed E-state index contributed by atoms with van der Waals surface area (Å²) in [4.78, 5) is 18.2. The molecule has 0 atom stereocenters. The summed E-state index contributed by atoms with van der Waals surface area (Å²) in [6.07, 6.45) is 1.89. The van der Waals surface area contributed by atoms with Gasteiger partial charge in [0, 0.05) is 57.4 Å². The molecule has 1 fully saturated rings. The van der Waals surface area contributed by atoms with Crippen LogP contribution in [-0.2, 0) is 13.7 Å². The molecule has 0 bridgehead atoms. The standard InChI is InChI=1S/C23H28N4O2S.2ClH/c1-25-11-4-8-21(25)23(28)24-10-12-26-13-15-27(16-14-26)20-7-2-3-9-22(20)29-18-19-6-5-17-30-19;;/h2-9,11,17H,10,12-16,18H2,1H3,(H,24,28);2*1H. The average Bonchev–Trinajstić information content (AvgIpc) is 3.45. The Kier molecular flexibility index (Phi) is 10.4. The van der Waals surface area contributed by atoms with E-state index in [0.29, 0.717) is 18.8 Å². The molecule has 3 heterocycles. The molecule has 32 heavy (non-hydrogen) atoms. The molecule has 6 nitrogen and oxygen atoms in total. The third kappa shape index (κ3) is 6.65. The second-order valence-electron chi connectivity index (χ2n) is 7.42. The number of piperazine rings is 1. The lowest BCUT2D eigenvalue weighted by Gasteiger charge is -2.36. The van der Waals surface area contributed by atoms with Crippen molar-refractivity contribution in [2.24, 2.45) is 7.05 Å². The molecular formula is C23H30Cl2N4O2S. The van der Waals surface area contributed by atoms with E-state index in [1.807, 2.05) is 36.0 Å². The lowest BCUT2D eigenvalue weighted by molar-refractivity contribution is 0.0939. The van der Waals surface area contributed by atoms with Gasteiger partial charge in [0.05, 0.1) is 5.69 Å². The zero-order valence-corrected chi connectivity index (χ0v) is 20.6. The van der Waals surface area contributed by atoms with Gasteiger partial charge in [0.15, 0.2) is 0 Å². The number of amides is 1. The van der Waals surface area contributed by atoms with Crippen molar-refractivity contribution < 1.29 is 9.53 Å². The normalized spacial score (nSPS) is 13.7. The number of anilines is 1. The first-order valence-corrected chi connectivity index (χ1v) is 11.2. The quantitative estimate of drug-likeness (QED) is 0.510. The van der Waals surface area contributed by atoms with Crippen molar-refractivity contribution in [1.29, 1.82) is 0 Å². The van der Waals surface area contributed by atoms with Gasteiger partial charge in [0.2, 0.25) is 0 Å². The number of halogens is 2. The van der Waals surface area contributed by atoms with Crippen LogP contribution in [0.15, 0.2) is 60.1 Å². The molecule has 1 N–H and O–H groups in total. The number of aromatic nitrogens is 1. The topological polar surface area (TPSA) is 49.7 Å². The van der Waals surface area contributed by atoms with Gasteiger partial charge in [0.25, 0.3) is 5.91 Å². The minimum Gasteiger partial charge on any atom is -0.486 e. The van der Waals surface area contributed by atoms with Crippen LogP contribution in [0, 0.1) is 0 Å². The van der Waals surface area contributed by atoms with Crippen molar-refractivity contribution in [3.63, 3.8) is 0 Å². The van der Waals surface area contributed by atoms with E-state index in [-0.39, 0.29) is 30.7 Å². The van der Waals surface area contributed by atoms with Crippen molar-refractivity contribution in [3.8, 4) is 5.75 Å². The lowest BCUT2D eigenvalue weighted by Crippen LogP contribution is -2.48. The maximum Gasteiger partial charge on any atom is 0.267 e. The fourth-order valence-corrected chi connectivity index (χ4v) is 4.33. The van der Waals surface area contributed by atoms with E-state index in [1.165, 1.54) is 4.88 Å². The highest BCUT2D eigenvalue weighted by atomic mass is 35.5. The second kappa shape index (κ2) is 12.7. The zero-order valence-electron chi connectivity index (χ0n) is 18.1. The molecule has 0 spiro atoms. The number of para-hydroxylation sites is 2. The molecule has 9 heteroatoms. The van der Waals surface area contributed by atoms with Gasteiger partial charge in [0.1, 0.15) is 18.1 Å². The minimum absolute atomic E-state index is 0. The van der Waals surface area contributed by atoms with Crippen LogP contribution in [0.5, 0.6) is 5.75 Å². The van der Waals surface area contributed by atoms with E-state index >= 15 is 0 Å². The molecule has 174 valence electrons. The highest BCUT2D eigenvalue weighted by molar-refractivity contribution is 7.09. The molecule has 1 aromatic carbocycles. The van der Waals surface area contributed by atoms with Crippen LogP contribution in [-0.4, -0.2) is 54.6 Å². The van der Waals surface area contributed by atoms with Crippen molar-refractivity contribution in [2.45, 2.75) is 6.61 Å². The Balaban J connectivity index is 0.00000181. The van der Waals surface area contributed by atoms with Gasteiger partial charge in [-0.1, -0.05) is 18.2 Å². The maximum absolute atomic E-state index is 12.2. The Morgan fingerprint density at radius 3 is 2.50 bits per heavy atom. The van der Waals surface area contributed by atoms with Crippen LogP contribution in [0.2, 0.25) is 0 Å². The number of benzene rings is 1. The van der Waals surface area contributed by atoms with E-state index in [4.69, 9.17) is 4.74 Å². The number of nitrogens with zero attached hydrogens (tertiary/aromatic N) is 3. The molecule has 0 radical (unpaired) electrons. The summed E-state index contributed by atoms with van der Waals surface area (Å²) in [5.41, 5.74) is 1.85. The molecule has 0 saturated carbocycles. The first-order chi connectivity index (χ1) is 14.7. The Morgan fingerprint density at radius 1 is 1.03 bits per heavy atom. The number of thiophene rings is 1. The Morgan fingerprint density at radius 2 is 1.81 bits per heavy atom. The SMILES string of the molecule is Cl.Cl.Cn1cccc1C(=O)NCCN1CCN(c2ccccc2OCc2cccs2)CC1. The van der Waals surface area contributed by atoms with E-state index in [9.17, 15) is 4.79 Å². The summed E-state index contributed by atoms with van der Waals surface area (Å²) < 4.78 is 7.94. The van der Waals surface area contributed by atoms with Gasteiger partial charge in [-0.3, -0.25) is 9.69 Å². The first kappa shape index (κ1) is 26.1. The number of aryl methyl sites for hydroxylation is 1. The van der Waals surface area contributed by atoms with Gasteiger partial charge >= 0.3 is 0 Å². The number of hydrogen-bond acceptors (Lipinski definition) is 5. The van der Waals surface area contributed by atoms with Gasteiger partial charge < -0.3 is 19.5 Å². The predicted octanol–water partition coefficient (Wildman–Crippen LogP) is 4.06. The molecular weight excluding hydrogens is 467 g/mol. The van der Waals surface area contributed by atoms with Gasteiger partial charge in [-0.15, -0.1) is 36.2 Å². The monoisotopic (exact) mass is 496 g/mol. The highest BCUT2D eigenvalue weighted by Crippen LogP contribution is 2.29. The summed E-state index contributed by atoms with van der Waals surface area (Å²) in [5, 5.41) is 5.10. The molecule has 3 aromatic rings. The summed E-state index contributed by atoms with van der Waals surface area (Å²) in [6, 6.07) is 16.2. The minimum atomic E-state index is -0.0158. The van der Waals surface area contributed by atoms with Crippen LogP contribution in [0.4, 0.5) is 5.69 Å². The predicted molar refractivity (Wildman–Crippen MR) is 136 cm³/mol. The van der Waals surface area contributed by atoms with Crippen molar-refractivity contribution in [2.75, 3.05) is 44.2 Å². The number of nitrogens with one attached hydrogen (secondary N) is 1. The Bertz CT molecular complexity index is 957. The van der Waals surface area contributed by atoms with E-state index in [1.54, 1.807) is 11.3 Å². The third-order valence-electron chi connectivity index (χ3n) is 5.42. The number of ether oxygens (including phenoxy) is 1. The fraction of sp³-hybridized carbons (Fsp3) is 0.348. The molecule has 0 unspecified atom stereocenters. The summed E-state index contributed by atoms with van der Waals surface area (Å²) in [7, 11) is 1.89. The molecule has 2 aromatic heterocycles. The fourth-order valence-electron chi connectivity index (χ4n) is 3.71. The Labute approximate surface area is 206 Å². The summed E-state index contributed by atoms with van der Waals surface area (Å²) in [5.74, 6) is 0.923. The molecule has 4 rings (SSSR count). The van der Waals surface area contributed by atoms with Crippen LogP contribution in [0.1, 0.15) is 15.4 Å². The van der Waals surface area contributed by atoms with Gasteiger partial charge in [-0.2, -0.15) is 0 Å². The Hall–Kier alpha value is -2.19. The van der Waals surface area contributed by atoms with Crippen LogP contribution in [0.25, 0.3) is 0 Å². The highest BCUT2D eigenvalue weighted by Gasteiger charge is 2.20. The van der Waals surface area contributed by atoms with E-state index < -0.39 is 0 Å². The molecule has 1 aliphatic rings. The number of rotatable bonds is 8. The lowest BCUT2D eigenvalue weighted by atomic mass is 10.2. The van der Waals surface area contributed by atoms with Crippen molar-refractivity contribution in [1.82, 2.24) is 14.8 Å². The number of carbonyl (C=O) groups excluding carboxylic acids is 1. The smallest absolute Gasteiger partial charge is 0.267 e. The summed E-state index contributed by atoms with van der Waals surface area (Å²) >= 11 is 1.72.